The fraction of sp³-hybridized carbons (Fsp3) is 0.577. The maximum absolute atomic E-state index is 13.1. The lowest BCUT2D eigenvalue weighted by Gasteiger charge is -2.34. The van der Waals surface area contributed by atoms with Gasteiger partial charge in [0.1, 0.15) is 11.9 Å². The van der Waals surface area contributed by atoms with Gasteiger partial charge in [0.05, 0.1) is 52.5 Å². The maximum Gasteiger partial charge on any atom is 0.309 e. The van der Waals surface area contributed by atoms with Gasteiger partial charge in [0.25, 0.3) is 0 Å². The Bertz CT molecular complexity index is 1100. The number of hydrogen-bond donors (Lipinski definition) is 2. The summed E-state index contributed by atoms with van der Waals surface area (Å²) in [6.45, 7) is 8.87. The highest BCUT2D eigenvalue weighted by molar-refractivity contribution is 7.18. The third-order valence-corrected chi connectivity index (χ3v) is 7.89. The second-order valence-corrected chi connectivity index (χ2v) is 11.6. The fourth-order valence-electron chi connectivity index (χ4n) is 4.27. The number of aryl methyl sites for hydroxylation is 1. The van der Waals surface area contributed by atoms with Crippen molar-refractivity contribution >= 4 is 44.9 Å². The molecule has 1 aliphatic heterocycles. The van der Waals surface area contributed by atoms with Crippen molar-refractivity contribution in [3.63, 3.8) is 0 Å². The lowest BCUT2D eigenvalue weighted by atomic mass is 9.73. The predicted molar refractivity (Wildman–Crippen MR) is 136 cm³/mol. The van der Waals surface area contributed by atoms with Crippen molar-refractivity contribution in [3.05, 3.63) is 39.9 Å². The highest BCUT2D eigenvalue weighted by Gasteiger charge is 2.42. The van der Waals surface area contributed by atoms with Gasteiger partial charge in [0, 0.05) is 23.3 Å². The van der Waals surface area contributed by atoms with Gasteiger partial charge in [-0.2, -0.15) is 0 Å². The molecule has 0 bridgehead atoms. The average molecular weight is 524 g/mol. The highest BCUT2D eigenvalue weighted by Crippen LogP contribution is 2.33. The summed E-state index contributed by atoms with van der Waals surface area (Å²) in [6.07, 6.45) is -1.20. The molecule has 0 unspecified atom stereocenters. The van der Waals surface area contributed by atoms with Gasteiger partial charge in [0.2, 0.25) is 0 Å². The summed E-state index contributed by atoms with van der Waals surface area (Å²) < 4.78 is 12.5. The Morgan fingerprint density at radius 2 is 1.91 bits per heavy atom. The summed E-state index contributed by atoms with van der Waals surface area (Å²) in [6, 6.07) is 5.73. The van der Waals surface area contributed by atoms with Crippen molar-refractivity contribution < 1.29 is 29.3 Å². The molecule has 1 aromatic heterocycles. The number of esters is 1. The van der Waals surface area contributed by atoms with Gasteiger partial charge in [0.15, 0.2) is 0 Å². The third-order valence-electron chi connectivity index (χ3n) is 6.68. The first-order chi connectivity index (χ1) is 16.4. The Hall–Kier alpha value is -1.84. The molecular formula is C26H34ClNO6S. The molecule has 0 fully saturated rings. The minimum Gasteiger partial charge on any atom is -0.457 e. The van der Waals surface area contributed by atoms with Crippen LogP contribution in [0.5, 0.6) is 0 Å². The molecule has 0 amide bonds. The molecule has 0 saturated heterocycles. The van der Waals surface area contributed by atoms with E-state index in [9.17, 15) is 19.8 Å². The number of benzene rings is 1. The van der Waals surface area contributed by atoms with Crippen molar-refractivity contribution in [1.29, 1.82) is 0 Å². The van der Waals surface area contributed by atoms with Crippen LogP contribution in [0.25, 0.3) is 10.2 Å². The third kappa shape index (κ3) is 6.68. The van der Waals surface area contributed by atoms with Crippen LogP contribution in [0.2, 0.25) is 0 Å². The number of cyclic esters (lactones) is 1. The van der Waals surface area contributed by atoms with Crippen molar-refractivity contribution in [2.75, 3.05) is 13.2 Å². The zero-order chi connectivity index (χ0) is 25.9. The molecule has 1 aliphatic rings. The van der Waals surface area contributed by atoms with Crippen molar-refractivity contribution in [2.45, 2.75) is 65.8 Å². The first kappa shape index (κ1) is 27.7. The Morgan fingerprint density at radius 1 is 1.20 bits per heavy atom. The van der Waals surface area contributed by atoms with E-state index in [1.807, 2.05) is 25.1 Å². The number of ketones is 1. The van der Waals surface area contributed by atoms with Crippen molar-refractivity contribution in [3.8, 4) is 0 Å². The number of Topliss-reactive ketones (excluding diaryl/α,β-unsaturated/α-hetero) is 1. The van der Waals surface area contributed by atoms with Crippen LogP contribution >= 0.6 is 22.9 Å². The molecule has 7 nitrogen and oxygen atoms in total. The molecule has 5 atom stereocenters. The minimum absolute atomic E-state index is 0.135. The number of carbonyl (C=O) groups is 2. The predicted octanol–water partition coefficient (Wildman–Crippen LogP) is 4.71. The first-order valence-corrected chi connectivity index (χ1v) is 13.0. The van der Waals surface area contributed by atoms with Crippen molar-refractivity contribution in [2.24, 2.45) is 17.3 Å². The number of fused-ring (bicyclic) bond motifs is 1. The van der Waals surface area contributed by atoms with Crippen LogP contribution in [-0.2, 0) is 19.1 Å². The van der Waals surface area contributed by atoms with Gasteiger partial charge in [-0.3, -0.25) is 9.59 Å². The number of halogens is 1. The van der Waals surface area contributed by atoms with Gasteiger partial charge in [-0.1, -0.05) is 51.4 Å². The van der Waals surface area contributed by atoms with Crippen LogP contribution in [0.15, 0.2) is 29.3 Å². The maximum atomic E-state index is 13.1. The number of hydrogen-bond acceptors (Lipinski definition) is 8. The molecule has 192 valence electrons. The number of rotatable bonds is 1. The Labute approximate surface area is 215 Å². The Balaban J connectivity index is 1.91. The number of aliphatic hydroxyl groups is 2. The van der Waals surface area contributed by atoms with E-state index in [1.54, 1.807) is 45.1 Å². The summed E-state index contributed by atoms with van der Waals surface area (Å²) in [5.74, 6) is -2.05. The standard InChI is InChI=1S/C26H34ClNO6S/c1-14-12-33-13-18(27)7-8-20(17-6-9-21-19(10-17)28-16(3)35-21)34-23(30)11-22(29)26(4,5)25(32)15(2)24(14)31/h6-7,9-10,14-15,20,22,24,29,31H,8,11-13H2,1-5H3/b18-7+/t14-,15+,20-,22-,24-/m0/s1. The second-order valence-electron chi connectivity index (χ2n) is 9.90. The second kappa shape index (κ2) is 11.5. The molecule has 1 aromatic carbocycles. The molecular weight excluding hydrogens is 490 g/mol. The molecule has 3 rings (SSSR count). The summed E-state index contributed by atoms with van der Waals surface area (Å²) in [5, 5.41) is 22.9. The van der Waals surface area contributed by atoms with E-state index in [0.717, 1.165) is 20.8 Å². The molecule has 35 heavy (non-hydrogen) atoms. The van der Waals surface area contributed by atoms with E-state index >= 15 is 0 Å². The zero-order valence-electron chi connectivity index (χ0n) is 20.8. The SMILES string of the molecule is Cc1nc2cc([C@@H]3C/C=C(/Cl)COC[C@H](C)[C@H](O)[C@@H](C)C(=O)C(C)(C)[C@@H](O)CC(=O)O3)ccc2s1. The van der Waals surface area contributed by atoms with Crippen molar-refractivity contribution in [1.82, 2.24) is 4.98 Å². The van der Waals surface area contributed by atoms with Crippen LogP contribution in [0.4, 0.5) is 0 Å². The Morgan fingerprint density at radius 3 is 2.63 bits per heavy atom. The van der Waals surface area contributed by atoms with Crippen LogP contribution < -0.4 is 0 Å². The summed E-state index contributed by atoms with van der Waals surface area (Å²) in [7, 11) is 0. The van der Waals surface area contributed by atoms with Gasteiger partial charge in [-0.15, -0.1) is 11.3 Å². The minimum atomic E-state index is -1.28. The molecule has 2 N–H and O–H groups in total. The molecule has 0 aliphatic carbocycles. The summed E-state index contributed by atoms with van der Waals surface area (Å²) in [4.78, 5) is 30.6. The number of aromatic nitrogens is 1. The van der Waals surface area contributed by atoms with Gasteiger partial charge >= 0.3 is 5.97 Å². The van der Waals surface area contributed by atoms with Crippen LogP contribution in [0.3, 0.4) is 0 Å². The smallest absolute Gasteiger partial charge is 0.309 e. The molecule has 0 saturated carbocycles. The van der Waals surface area contributed by atoms with Gasteiger partial charge in [-0.25, -0.2) is 4.98 Å². The van der Waals surface area contributed by atoms with E-state index in [0.29, 0.717) is 11.5 Å². The normalized spacial score (nSPS) is 31.1. The van der Waals surface area contributed by atoms with E-state index in [4.69, 9.17) is 21.1 Å². The molecule has 2 heterocycles. The van der Waals surface area contributed by atoms with Gasteiger partial charge in [-0.05, 0) is 24.6 Å². The monoisotopic (exact) mass is 523 g/mol. The lowest BCUT2D eigenvalue weighted by Crippen LogP contribution is -2.46. The lowest BCUT2D eigenvalue weighted by molar-refractivity contribution is -0.156. The summed E-state index contributed by atoms with van der Waals surface area (Å²) in [5.41, 5.74) is 0.321. The highest BCUT2D eigenvalue weighted by atomic mass is 35.5. The number of carbonyl (C=O) groups excluding carboxylic acids is 2. The number of aliphatic hydroxyl groups excluding tert-OH is 2. The van der Waals surface area contributed by atoms with Gasteiger partial charge < -0.3 is 19.7 Å². The quantitative estimate of drug-likeness (QED) is 0.521. The fourth-order valence-corrected chi connectivity index (χ4v) is 5.24. The van der Waals surface area contributed by atoms with E-state index in [-0.39, 0.29) is 31.3 Å². The first-order valence-electron chi connectivity index (χ1n) is 11.8. The van der Waals surface area contributed by atoms with E-state index < -0.39 is 35.6 Å². The van der Waals surface area contributed by atoms with Crippen LogP contribution in [-0.4, -0.2) is 52.4 Å². The van der Waals surface area contributed by atoms with Crippen LogP contribution in [0.1, 0.15) is 57.2 Å². The topological polar surface area (TPSA) is 106 Å². The molecule has 2 aromatic rings. The van der Waals surface area contributed by atoms with E-state index in [2.05, 4.69) is 4.98 Å². The zero-order valence-corrected chi connectivity index (χ0v) is 22.4. The molecule has 0 radical (unpaired) electrons. The largest absolute Gasteiger partial charge is 0.457 e. The molecule has 0 spiro atoms. The number of nitrogens with zero attached hydrogens (tertiary/aromatic N) is 1. The van der Waals surface area contributed by atoms with Crippen LogP contribution in [0, 0.1) is 24.2 Å². The molecule has 9 heteroatoms. The Kier molecular flexibility index (Phi) is 9.10. The summed E-state index contributed by atoms with van der Waals surface area (Å²) >= 11 is 7.94. The number of thiazole rings is 1. The van der Waals surface area contributed by atoms with E-state index in [1.165, 1.54) is 0 Å². The average Bonchev–Trinajstić information content (AvgIpc) is 3.18. The number of ether oxygens (including phenoxy) is 2.